The molecule has 0 atom stereocenters. The minimum atomic E-state index is -0.670. The summed E-state index contributed by atoms with van der Waals surface area (Å²) in [6.45, 7) is 5.02. The molecular formula is C13H21NO2. The van der Waals surface area contributed by atoms with Gasteiger partial charge in [0, 0.05) is 18.7 Å². The lowest BCUT2D eigenvalue weighted by atomic mass is 10.1. The summed E-state index contributed by atoms with van der Waals surface area (Å²) in [5.74, 6) is 0.894. The SMILES string of the molecule is COc1ccccc1CN(C)CC(C)(C)O. The molecule has 1 aromatic carbocycles. The van der Waals surface area contributed by atoms with Crippen molar-refractivity contribution in [1.82, 2.24) is 4.90 Å². The molecule has 0 unspecified atom stereocenters. The normalized spacial score (nSPS) is 11.9. The van der Waals surface area contributed by atoms with Gasteiger partial charge in [-0.05, 0) is 27.0 Å². The fraction of sp³-hybridized carbons (Fsp3) is 0.538. The molecule has 0 saturated heterocycles. The smallest absolute Gasteiger partial charge is 0.123 e. The van der Waals surface area contributed by atoms with Gasteiger partial charge in [0.1, 0.15) is 5.75 Å². The number of aliphatic hydroxyl groups is 1. The first kappa shape index (κ1) is 13.0. The van der Waals surface area contributed by atoms with Crippen LogP contribution in [0.4, 0.5) is 0 Å². The Labute approximate surface area is 97.7 Å². The van der Waals surface area contributed by atoms with Gasteiger partial charge in [0.15, 0.2) is 0 Å². The minimum absolute atomic E-state index is 0.630. The fourth-order valence-corrected chi connectivity index (χ4v) is 1.84. The van der Waals surface area contributed by atoms with Crippen LogP contribution in [0.5, 0.6) is 5.75 Å². The van der Waals surface area contributed by atoms with Crippen LogP contribution in [0.1, 0.15) is 19.4 Å². The van der Waals surface area contributed by atoms with Crippen LogP contribution in [0.25, 0.3) is 0 Å². The third-order valence-corrected chi connectivity index (χ3v) is 2.29. The highest BCUT2D eigenvalue weighted by Crippen LogP contribution is 2.19. The molecule has 3 heteroatoms. The van der Waals surface area contributed by atoms with Gasteiger partial charge in [-0.15, -0.1) is 0 Å². The van der Waals surface area contributed by atoms with Gasteiger partial charge in [-0.3, -0.25) is 4.90 Å². The summed E-state index contributed by atoms with van der Waals surface area (Å²) in [5.41, 5.74) is 0.466. The van der Waals surface area contributed by atoms with Crippen LogP contribution in [0.3, 0.4) is 0 Å². The summed E-state index contributed by atoms with van der Waals surface area (Å²) in [6, 6.07) is 7.95. The van der Waals surface area contributed by atoms with E-state index in [0.717, 1.165) is 17.9 Å². The predicted octanol–water partition coefficient (Wildman–Crippen LogP) is 1.90. The van der Waals surface area contributed by atoms with Crippen LogP contribution in [0.15, 0.2) is 24.3 Å². The van der Waals surface area contributed by atoms with E-state index in [1.54, 1.807) is 7.11 Å². The van der Waals surface area contributed by atoms with Crippen molar-refractivity contribution in [3.8, 4) is 5.75 Å². The van der Waals surface area contributed by atoms with E-state index in [0.29, 0.717) is 6.54 Å². The average Bonchev–Trinajstić information content (AvgIpc) is 2.15. The van der Waals surface area contributed by atoms with Crippen LogP contribution < -0.4 is 4.74 Å². The standard InChI is InChI=1S/C13H21NO2/c1-13(2,15)10-14(3)9-11-7-5-6-8-12(11)16-4/h5-8,15H,9-10H2,1-4H3. The molecule has 0 heterocycles. The van der Waals surface area contributed by atoms with Gasteiger partial charge in [0.25, 0.3) is 0 Å². The van der Waals surface area contributed by atoms with E-state index in [2.05, 4.69) is 4.90 Å². The number of benzene rings is 1. The molecule has 0 aromatic heterocycles. The Balaban J connectivity index is 2.65. The van der Waals surface area contributed by atoms with Crippen molar-refractivity contribution < 1.29 is 9.84 Å². The van der Waals surface area contributed by atoms with Gasteiger partial charge in [-0.2, -0.15) is 0 Å². The van der Waals surface area contributed by atoms with Crippen LogP contribution in [-0.2, 0) is 6.54 Å². The molecule has 0 aliphatic heterocycles. The summed E-state index contributed by atoms with van der Waals surface area (Å²) in [5, 5.41) is 9.72. The van der Waals surface area contributed by atoms with Gasteiger partial charge in [-0.1, -0.05) is 18.2 Å². The summed E-state index contributed by atoms with van der Waals surface area (Å²) in [6.07, 6.45) is 0. The number of ether oxygens (including phenoxy) is 1. The number of para-hydroxylation sites is 1. The van der Waals surface area contributed by atoms with Gasteiger partial charge in [0.2, 0.25) is 0 Å². The molecule has 90 valence electrons. The van der Waals surface area contributed by atoms with E-state index in [1.807, 2.05) is 45.2 Å². The summed E-state index contributed by atoms with van der Waals surface area (Å²) < 4.78 is 5.29. The third kappa shape index (κ3) is 4.21. The molecule has 0 fully saturated rings. The Morgan fingerprint density at radius 3 is 2.50 bits per heavy atom. The van der Waals surface area contributed by atoms with E-state index < -0.39 is 5.60 Å². The number of methoxy groups -OCH3 is 1. The molecule has 1 aromatic rings. The molecule has 0 spiro atoms. The molecule has 0 aliphatic rings. The Kier molecular flexibility index (Phi) is 4.33. The Morgan fingerprint density at radius 1 is 1.31 bits per heavy atom. The van der Waals surface area contributed by atoms with E-state index in [9.17, 15) is 5.11 Å². The molecule has 0 amide bonds. The number of hydrogen-bond acceptors (Lipinski definition) is 3. The van der Waals surface area contributed by atoms with E-state index in [-0.39, 0.29) is 0 Å². The first-order valence-electron chi connectivity index (χ1n) is 5.45. The average molecular weight is 223 g/mol. The maximum Gasteiger partial charge on any atom is 0.123 e. The zero-order valence-electron chi connectivity index (χ0n) is 10.5. The van der Waals surface area contributed by atoms with Crippen molar-refractivity contribution in [3.63, 3.8) is 0 Å². The third-order valence-electron chi connectivity index (χ3n) is 2.29. The lowest BCUT2D eigenvalue weighted by Crippen LogP contribution is -2.35. The monoisotopic (exact) mass is 223 g/mol. The van der Waals surface area contributed by atoms with Crippen molar-refractivity contribution in [1.29, 1.82) is 0 Å². The van der Waals surface area contributed by atoms with Crippen molar-refractivity contribution in [2.24, 2.45) is 0 Å². The van der Waals surface area contributed by atoms with Gasteiger partial charge in [-0.25, -0.2) is 0 Å². The maximum atomic E-state index is 9.72. The van der Waals surface area contributed by atoms with Crippen molar-refractivity contribution >= 4 is 0 Å². The minimum Gasteiger partial charge on any atom is -0.496 e. The maximum absolute atomic E-state index is 9.72. The van der Waals surface area contributed by atoms with Crippen LogP contribution in [0, 0.1) is 0 Å². The molecular weight excluding hydrogens is 202 g/mol. The largest absolute Gasteiger partial charge is 0.496 e. The zero-order valence-corrected chi connectivity index (χ0v) is 10.5. The number of rotatable bonds is 5. The van der Waals surface area contributed by atoms with E-state index >= 15 is 0 Å². The Hall–Kier alpha value is -1.06. The van der Waals surface area contributed by atoms with Gasteiger partial charge in [0.05, 0.1) is 12.7 Å². The first-order valence-corrected chi connectivity index (χ1v) is 5.45. The quantitative estimate of drug-likeness (QED) is 0.827. The topological polar surface area (TPSA) is 32.7 Å². The second-order valence-electron chi connectivity index (χ2n) is 4.80. The lowest BCUT2D eigenvalue weighted by molar-refractivity contribution is 0.0423. The van der Waals surface area contributed by atoms with Crippen molar-refractivity contribution in [3.05, 3.63) is 29.8 Å². The molecule has 0 saturated carbocycles. The zero-order chi connectivity index (χ0) is 12.2. The van der Waals surface area contributed by atoms with Crippen LogP contribution >= 0.6 is 0 Å². The summed E-state index contributed by atoms with van der Waals surface area (Å²) >= 11 is 0. The summed E-state index contributed by atoms with van der Waals surface area (Å²) in [7, 11) is 3.67. The highest BCUT2D eigenvalue weighted by molar-refractivity contribution is 5.33. The van der Waals surface area contributed by atoms with E-state index in [4.69, 9.17) is 4.74 Å². The highest BCUT2D eigenvalue weighted by Gasteiger charge is 2.16. The summed E-state index contributed by atoms with van der Waals surface area (Å²) in [4.78, 5) is 2.08. The number of likely N-dealkylation sites (N-methyl/N-ethyl adjacent to an activating group) is 1. The van der Waals surface area contributed by atoms with Crippen molar-refractivity contribution in [2.75, 3.05) is 20.7 Å². The number of nitrogens with zero attached hydrogens (tertiary/aromatic N) is 1. The second kappa shape index (κ2) is 5.32. The van der Waals surface area contributed by atoms with Crippen molar-refractivity contribution in [2.45, 2.75) is 26.0 Å². The molecule has 1 N–H and O–H groups in total. The van der Waals surface area contributed by atoms with Crippen LogP contribution in [-0.4, -0.2) is 36.3 Å². The fourth-order valence-electron chi connectivity index (χ4n) is 1.84. The van der Waals surface area contributed by atoms with E-state index in [1.165, 1.54) is 0 Å². The molecule has 0 aliphatic carbocycles. The molecule has 16 heavy (non-hydrogen) atoms. The lowest BCUT2D eigenvalue weighted by Gasteiger charge is -2.25. The Bertz CT molecular complexity index is 331. The second-order valence-corrected chi connectivity index (χ2v) is 4.80. The molecule has 3 nitrogen and oxygen atoms in total. The van der Waals surface area contributed by atoms with Gasteiger partial charge < -0.3 is 9.84 Å². The molecule has 1 rings (SSSR count). The highest BCUT2D eigenvalue weighted by atomic mass is 16.5. The molecule has 0 radical (unpaired) electrons. The molecule has 0 bridgehead atoms. The first-order chi connectivity index (χ1) is 7.42. The predicted molar refractivity (Wildman–Crippen MR) is 65.6 cm³/mol. The van der Waals surface area contributed by atoms with Crippen LogP contribution in [0.2, 0.25) is 0 Å². The number of hydrogen-bond donors (Lipinski definition) is 1. The Morgan fingerprint density at radius 2 is 1.94 bits per heavy atom. The van der Waals surface area contributed by atoms with Gasteiger partial charge >= 0.3 is 0 Å².